The number of rotatable bonds is 9. The Balaban J connectivity index is 1.71. The van der Waals surface area contributed by atoms with Crippen molar-refractivity contribution in [3.8, 4) is 11.3 Å². The van der Waals surface area contributed by atoms with Gasteiger partial charge in [-0.25, -0.2) is 22.0 Å². The van der Waals surface area contributed by atoms with Crippen molar-refractivity contribution in [2.75, 3.05) is 24.2 Å². The lowest BCUT2D eigenvalue weighted by Crippen LogP contribution is -2.30. The number of benzene rings is 3. The molecule has 0 spiro atoms. The summed E-state index contributed by atoms with van der Waals surface area (Å²) in [6.07, 6.45) is 2.67. The average molecular weight is 662 g/mol. The molecule has 1 aliphatic rings. The highest BCUT2D eigenvalue weighted by Gasteiger charge is 2.33. The van der Waals surface area contributed by atoms with Crippen LogP contribution in [0.4, 0.5) is 14.5 Å². The van der Waals surface area contributed by atoms with Crippen molar-refractivity contribution in [2.45, 2.75) is 32.2 Å². The number of anilines is 1. The second kappa shape index (κ2) is 11.5. The Morgan fingerprint density at radius 2 is 1.81 bits per heavy atom. The third-order valence-corrected chi connectivity index (χ3v) is 8.95. The molecule has 0 bridgehead atoms. The van der Waals surface area contributed by atoms with Gasteiger partial charge in [-0.05, 0) is 95.2 Å². The number of carbonyl (C=O) groups excluding carboxylic acids is 2. The molecule has 0 radical (unpaired) electrons. The van der Waals surface area contributed by atoms with Crippen LogP contribution in [0.3, 0.4) is 0 Å². The topological polar surface area (TPSA) is 106 Å². The van der Waals surface area contributed by atoms with Crippen molar-refractivity contribution in [3.05, 3.63) is 86.9 Å². The number of fused-ring (bicyclic) bond motifs is 1. The smallest absolute Gasteiger partial charge is 0.339 e. The van der Waals surface area contributed by atoms with E-state index in [2.05, 4.69) is 21.2 Å². The molecule has 1 amide bonds. The number of hydrogen-bond acceptors (Lipinski definition) is 6. The lowest BCUT2D eigenvalue weighted by molar-refractivity contribution is 0.0598. The van der Waals surface area contributed by atoms with E-state index in [0.29, 0.717) is 28.7 Å². The van der Waals surface area contributed by atoms with Gasteiger partial charge >= 0.3 is 5.97 Å². The second-order valence-corrected chi connectivity index (χ2v) is 12.8. The van der Waals surface area contributed by atoms with Gasteiger partial charge in [0.1, 0.15) is 23.0 Å². The number of ether oxygens (including phenoxy) is 1. The molecule has 220 valence electrons. The monoisotopic (exact) mass is 660 g/mol. The zero-order chi connectivity index (χ0) is 30.3. The molecule has 5 rings (SSSR count). The molecule has 0 aliphatic heterocycles. The van der Waals surface area contributed by atoms with Gasteiger partial charge in [-0.1, -0.05) is 0 Å². The Bertz CT molecular complexity index is 1820. The highest BCUT2D eigenvalue weighted by atomic mass is 79.9. The molecule has 8 nitrogen and oxygen atoms in total. The Morgan fingerprint density at radius 1 is 1.12 bits per heavy atom. The predicted octanol–water partition coefficient (Wildman–Crippen LogP) is 6.52. The van der Waals surface area contributed by atoms with E-state index in [1.165, 1.54) is 30.3 Å². The van der Waals surface area contributed by atoms with Crippen molar-refractivity contribution < 1.29 is 35.9 Å². The van der Waals surface area contributed by atoms with Gasteiger partial charge in [0.05, 0.1) is 41.2 Å². The van der Waals surface area contributed by atoms with Gasteiger partial charge in [0.15, 0.2) is 0 Å². The maximum Gasteiger partial charge on any atom is 0.339 e. The number of carbonyl (C=O) groups is 2. The first-order valence-electron chi connectivity index (χ1n) is 13.1. The fourth-order valence-corrected chi connectivity index (χ4v) is 6.20. The van der Waals surface area contributed by atoms with E-state index in [9.17, 15) is 26.8 Å². The molecule has 12 heteroatoms. The standard InChI is InChI=1S/C30H27BrF2N2O6S/c1-4-34-29(36)26-21-13-20(17-5-6-17)24(14-25(21)41-28(26)18-7-9-19(32)10-8-18)35(42(3,38)39)15-16-11-22(30(37)40-2)27(31)23(33)12-16/h7-14,17H,4-6,15H2,1-3H3,(H,34,36). The number of hydrogen-bond donors (Lipinski definition) is 1. The zero-order valence-corrected chi connectivity index (χ0v) is 25.4. The molecule has 42 heavy (non-hydrogen) atoms. The van der Waals surface area contributed by atoms with Crippen molar-refractivity contribution in [3.63, 3.8) is 0 Å². The van der Waals surface area contributed by atoms with E-state index in [0.717, 1.165) is 36.6 Å². The first-order chi connectivity index (χ1) is 19.9. The molecule has 1 fully saturated rings. The van der Waals surface area contributed by atoms with E-state index in [1.807, 2.05) is 0 Å². The summed E-state index contributed by atoms with van der Waals surface area (Å²) in [5.74, 6) is -2.11. The quantitative estimate of drug-likeness (QED) is 0.205. The number of nitrogens with one attached hydrogen (secondary N) is 1. The van der Waals surface area contributed by atoms with Gasteiger partial charge in [0.25, 0.3) is 5.91 Å². The van der Waals surface area contributed by atoms with Crippen molar-refractivity contribution in [2.24, 2.45) is 0 Å². The molecule has 0 atom stereocenters. The highest BCUT2D eigenvalue weighted by Crippen LogP contribution is 2.48. The molecule has 0 unspecified atom stereocenters. The third-order valence-electron chi connectivity index (χ3n) is 7.01. The van der Waals surface area contributed by atoms with Crippen LogP contribution in [0.5, 0.6) is 0 Å². The number of halogens is 3. The first-order valence-corrected chi connectivity index (χ1v) is 15.8. The highest BCUT2D eigenvalue weighted by molar-refractivity contribution is 9.10. The predicted molar refractivity (Wildman–Crippen MR) is 158 cm³/mol. The summed E-state index contributed by atoms with van der Waals surface area (Å²) in [4.78, 5) is 25.5. The molecule has 1 heterocycles. The van der Waals surface area contributed by atoms with Gasteiger partial charge < -0.3 is 14.5 Å². The summed E-state index contributed by atoms with van der Waals surface area (Å²) in [6.45, 7) is 1.86. The minimum Gasteiger partial charge on any atom is -0.465 e. The lowest BCUT2D eigenvalue weighted by Gasteiger charge is -2.25. The maximum absolute atomic E-state index is 14.8. The Morgan fingerprint density at radius 3 is 2.40 bits per heavy atom. The molecule has 3 aromatic carbocycles. The van der Waals surface area contributed by atoms with Crippen molar-refractivity contribution in [1.29, 1.82) is 0 Å². The van der Waals surface area contributed by atoms with Crippen LogP contribution in [0.2, 0.25) is 0 Å². The van der Waals surface area contributed by atoms with Gasteiger partial charge in [-0.2, -0.15) is 0 Å². The lowest BCUT2D eigenvalue weighted by atomic mass is 10.00. The number of sulfonamides is 1. The summed E-state index contributed by atoms with van der Waals surface area (Å²) < 4.78 is 66.9. The van der Waals surface area contributed by atoms with Crippen molar-refractivity contribution in [1.82, 2.24) is 5.32 Å². The van der Waals surface area contributed by atoms with Crippen molar-refractivity contribution >= 4 is 54.5 Å². The van der Waals surface area contributed by atoms with Crippen LogP contribution >= 0.6 is 15.9 Å². The van der Waals surface area contributed by atoms with Crippen LogP contribution in [-0.2, 0) is 21.3 Å². The Kier molecular flexibility index (Phi) is 8.13. The average Bonchev–Trinajstić information content (AvgIpc) is 3.72. The largest absolute Gasteiger partial charge is 0.465 e. The van der Waals surface area contributed by atoms with Gasteiger partial charge in [0, 0.05) is 23.6 Å². The molecular weight excluding hydrogens is 634 g/mol. The molecule has 1 saturated carbocycles. The first kappa shape index (κ1) is 29.7. The van der Waals surface area contributed by atoms with E-state index in [1.54, 1.807) is 19.1 Å². The minimum atomic E-state index is -3.94. The van der Waals surface area contributed by atoms with Crippen LogP contribution in [0.1, 0.15) is 57.5 Å². The summed E-state index contributed by atoms with van der Waals surface area (Å²) in [5.41, 5.74) is 2.13. The second-order valence-electron chi connectivity index (χ2n) is 10.1. The maximum atomic E-state index is 14.8. The van der Waals surface area contributed by atoms with E-state index >= 15 is 0 Å². The van der Waals surface area contributed by atoms with Crippen LogP contribution < -0.4 is 9.62 Å². The Hall–Kier alpha value is -3.77. The fourth-order valence-electron chi connectivity index (χ4n) is 4.91. The number of esters is 1. The number of nitrogens with zero attached hydrogens (tertiary/aromatic N) is 1. The minimum absolute atomic E-state index is 0.0344. The molecule has 0 saturated heterocycles. The summed E-state index contributed by atoms with van der Waals surface area (Å²) in [6, 6.07) is 11.4. The van der Waals surface area contributed by atoms with Gasteiger partial charge in [-0.3, -0.25) is 9.10 Å². The molecule has 1 aromatic heterocycles. The molecule has 1 aliphatic carbocycles. The third kappa shape index (κ3) is 5.78. The van der Waals surface area contributed by atoms with Crippen LogP contribution in [0, 0.1) is 11.6 Å². The summed E-state index contributed by atoms with van der Waals surface area (Å²) >= 11 is 3.05. The van der Waals surface area contributed by atoms with E-state index < -0.39 is 27.6 Å². The molecular formula is C30H27BrF2N2O6S. The normalized spacial score (nSPS) is 13.3. The summed E-state index contributed by atoms with van der Waals surface area (Å²) in [7, 11) is -2.77. The summed E-state index contributed by atoms with van der Waals surface area (Å²) in [5, 5.41) is 3.28. The fraction of sp³-hybridized carbons (Fsp3) is 0.267. The number of amides is 1. The Labute approximate surface area is 249 Å². The zero-order valence-electron chi connectivity index (χ0n) is 23.0. The van der Waals surface area contributed by atoms with Gasteiger partial charge in [0.2, 0.25) is 10.0 Å². The number of methoxy groups -OCH3 is 1. The van der Waals surface area contributed by atoms with Crippen LogP contribution in [0.25, 0.3) is 22.3 Å². The number of furan rings is 1. The SMILES string of the molecule is CCNC(=O)c1c(-c2ccc(F)cc2)oc2cc(N(Cc3cc(F)c(Br)c(C(=O)OC)c3)S(C)(=O)=O)c(C3CC3)cc12. The van der Waals surface area contributed by atoms with E-state index in [-0.39, 0.29) is 50.9 Å². The van der Waals surface area contributed by atoms with Crippen LogP contribution in [-0.4, -0.2) is 40.2 Å². The van der Waals surface area contributed by atoms with E-state index in [4.69, 9.17) is 9.15 Å². The molecule has 4 aromatic rings. The molecule has 1 N–H and O–H groups in total. The van der Waals surface area contributed by atoms with Gasteiger partial charge in [-0.15, -0.1) is 0 Å². The van der Waals surface area contributed by atoms with Crippen LogP contribution in [0.15, 0.2) is 57.4 Å².